The van der Waals surface area contributed by atoms with Gasteiger partial charge in [0.1, 0.15) is 12.7 Å². The van der Waals surface area contributed by atoms with Crippen LogP contribution in [0.4, 0.5) is 0 Å². The topological polar surface area (TPSA) is 86.7 Å². The Bertz CT molecular complexity index is 346. The number of unbranched alkanes of at least 4 members (excludes halogenated alkanes) is 10. The lowest BCUT2D eigenvalue weighted by Gasteiger charge is -2.16. The molecule has 5 heteroatoms. The summed E-state index contributed by atoms with van der Waals surface area (Å²) in [6.07, 6.45) is 15.1. The lowest BCUT2D eigenvalue weighted by atomic mass is 9.97. The van der Waals surface area contributed by atoms with Gasteiger partial charge in [0.25, 0.3) is 0 Å². The van der Waals surface area contributed by atoms with Crippen LogP contribution in [0.25, 0.3) is 0 Å². The third-order valence-corrected chi connectivity index (χ3v) is 5.26. The van der Waals surface area contributed by atoms with Gasteiger partial charge in [0.05, 0.1) is 19.1 Å². The Morgan fingerprint density at radius 2 is 1.25 bits per heavy atom. The molecule has 0 aromatic rings. The maximum Gasteiger partial charge on any atom is 0.309 e. The van der Waals surface area contributed by atoms with Crippen LogP contribution in [0.2, 0.25) is 0 Å². The van der Waals surface area contributed by atoms with Gasteiger partial charge < -0.3 is 14.9 Å². The average molecular weight is 402 g/mol. The van der Waals surface area contributed by atoms with Crippen molar-refractivity contribution in [2.45, 2.75) is 110 Å². The summed E-state index contributed by atoms with van der Waals surface area (Å²) in [5.41, 5.74) is 0. The van der Waals surface area contributed by atoms with Gasteiger partial charge in [-0.05, 0) is 18.8 Å². The first-order valence-corrected chi connectivity index (χ1v) is 11.5. The van der Waals surface area contributed by atoms with Crippen LogP contribution >= 0.6 is 0 Å². The molecule has 0 aromatic heterocycles. The Morgan fingerprint density at radius 3 is 1.68 bits per heavy atom. The SMILES string of the molecule is CC(C)CCCCCCCCCCCCCC(CC[O])C(=O)OCC(O)CO. The molecule has 0 aromatic carbocycles. The predicted octanol–water partition coefficient (Wildman–Crippen LogP) is 5.05. The Labute approximate surface area is 172 Å². The quantitative estimate of drug-likeness (QED) is 0.221. The van der Waals surface area contributed by atoms with Crippen LogP contribution < -0.4 is 0 Å². The van der Waals surface area contributed by atoms with Gasteiger partial charge in [-0.3, -0.25) is 4.79 Å². The summed E-state index contributed by atoms with van der Waals surface area (Å²) < 4.78 is 4.99. The van der Waals surface area contributed by atoms with E-state index in [4.69, 9.17) is 9.84 Å². The van der Waals surface area contributed by atoms with Crippen LogP contribution in [0.3, 0.4) is 0 Å². The monoisotopic (exact) mass is 401 g/mol. The van der Waals surface area contributed by atoms with Gasteiger partial charge in [-0.25, -0.2) is 5.11 Å². The molecule has 2 unspecified atom stereocenters. The molecular weight excluding hydrogens is 356 g/mol. The van der Waals surface area contributed by atoms with Crippen molar-refractivity contribution in [1.82, 2.24) is 0 Å². The van der Waals surface area contributed by atoms with Crippen molar-refractivity contribution in [1.29, 1.82) is 0 Å². The van der Waals surface area contributed by atoms with Crippen molar-refractivity contribution in [3.8, 4) is 0 Å². The van der Waals surface area contributed by atoms with Crippen molar-refractivity contribution in [2.75, 3.05) is 19.8 Å². The summed E-state index contributed by atoms with van der Waals surface area (Å²) in [4.78, 5) is 12.0. The number of hydrogen-bond donors (Lipinski definition) is 2. The summed E-state index contributed by atoms with van der Waals surface area (Å²) in [5, 5.41) is 28.9. The standard InChI is InChI=1S/C23H45O5/c1-20(2)14-12-10-8-6-4-3-5-7-9-11-13-15-21(16-17-24)23(27)28-19-22(26)18-25/h20-22,25-26H,3-19H2,1-2H3. The van der Waals surface area contributed by atoms with Gasteiger partial charge in [-0.15, -0.1) is 0 Å². The van der Waals surface area contributed by atoms with E-state index in [0.717, 1.165) is 18.8 Å². The number of ether oxygens (including phenoxy) is 1. The van der Waals surface area contributed by atoms with Gasteiger partial charge in [0.2, 0.25) is 0 Å². The number of carbonyl (C=O) groups excluding carboxylic acids is 1. The molecule has 0 spiro atoms. The number of esters is 1. The second-order valence-corrected chi connectivity index (χ2v) is 8.52. The number of aliphatic hydroxyl groups excluding tert-OH is 2. The maximum atomic E-state index is 12.0. The normalized spacial score (nSPS) is 13.6. The highest BCUT2D eigenvalue weighted by molar-refractivity contribution is 5.72. The summed E-state index contributed by atoms with van der Waals surface area (Å²) in [6.45, 7) is 3.65. The molecular formula is C23H45O5. The first-order valence-electron chi connectivity index (χ1n) is 11.5. The smallest absolute Gasteiger partial charge is 0.309 e. The fourth-order valence-corrected chi connectivity index (χ4v) is 3.41. The Balaban J connectivity index is 3.56. The fraction of sp³-hybridized carbons (Fsp3) is 0.957. The minimum Gasteiger partial charge on any atom is -0.463 e. The van der Waals surface area contributed by atoms with E-state index in [1.54, 1.807) is 0 Å². The summed E-state index contributed by atoms with van der Waals surface area (Å²) >= 11 is 0. The first kappa shape index (κ1) is 27.4. The second kappa shape index (κ2) is 19.7. The number of aliphatic hydroxyl groups is 2. The molecule has 2 N–H and O–H groups in total. The lowest BCUT2D eigenvalue weighted by Crippen LogP contribution is -2.26. The third-order valence-electron chi connectivity index (χ3n) is 5.26. The number of hydrogen-bond acceptors (Lipinski definition) is 4. The summed E-state index contributed by atoms with van der Waals surface area (Å²) in [7, 11) is 0. The van der Waals surface area contributed by atoms with E-state index in [-0.39, 0.29) is 25.6 Å². The van der Waals surface area contributed by atoms with Crippen molar-refractivity contribution in [3.63, 3.8) is 0 Å². The molecule has 0 heterocycles. The second-order valence-electron chi connectivity index (χ2n) is 8.52. The zero-order chi connectivity index (χ0) is 21.0. The maximum absolute atomic E-state index is 12.0. The molecule has 0 saturated carbocycles. The molecule has 0 bridgehead atoms. The molecule has 0 amide bonds. The van der Waals surface area contributed by atoms with Crippen molar-refractivity contribution < 1.29 is 24.9 Å². The molecule has 5 nitrogen and oxygen atoms in total. The lowest BCUT2D eigenvalue weighted by molar-refractivity contribution is -0.153. The minimum atomic E-state index is -1.04. The van der Waals surface area contributed by atoms with Gasteiger partial charge >= 0.3 is 5.97 Å². The van der Waals surface area contributed by atoms with E-state index < -0.39 is 18.7 Å². The van der Waals surface area contributed by atoms with Gasteiger partial charge in [0.15, 0.2) is 0 Å². The third kappa shape index (κ3) is 17.4. The predicted molar refractivity (Wildman–Crippen MR) is 113 cm³/mol. The summed E-state index contributed by atoms with van der Waals surface area (Å²) in [5.74, 6) is 0.0382. The van der Waals surface area contributed by atoms with Crippen LogP contribution in [-0.4, -0.2) is 42.1 Å². The van der Waals surface area contributed by atoms with Gasteiger partial charge in [0, 0.05) is 0 Å². The molecule has 0 fully saturated rings. The van der Waals surface area contributed by atoms with Crippen molar-refractivity contribution in [2.24, 2.45) is 11.8 Å². The van der Waals surface area contributed by atoms with E-state index in [0.29, 0.717) is 6.42 Å². The fourth-order valence-electron chi connectivity index (χ4n) is 3.41. The molecule has 0 saturated heterocycles. The Morgan fingerprint density at radius 1 is 0.786 bits per heavy atom. The molecule has 0 rings (SSSR count). The Kier molecular flexibility index (Phi) is 19.2. The molecule has 0 aliphatic carbocycles. The number of carbonyl (C=O) groups is 1. The van der Waals surface area contributed by atoms with Crippen LogP contribution in [0.15, 0.2) is 0 Å². The summed E-state index contributed by atoms with van der Waals surface area (Å²) in [6, 6.07) is 0. The number of rotatable bonds is 20. The minimum absolute atomic E-state index is 0.206. The highest BCUT2D eigenvalue weighted by Gasteiger charge is 2.20. The van der Waals surface area contributed by atoms with E-state index in [1.807, 2.05) is 0 Å². The highest BCUT2D eigenvalue weighted by Crippen LogP contribution is 2.18. The highest BCUT2D eigenvalue weighted by atomic mass is 16.5. The van der Waals surface area contributed by atoms with Gasteiger partial charge in [-0.1, -0.05) is 90.9 Å². The molecule has 1 radical (unpaired) electrons. The van der Waals surface area contributed by atoms with Crippen molar-refractivity contribution >= 4 is 5.97 Å². The zero-order valence-electron chi connectivity index (χ0n) is 18.4. The van der Waals surface area contributed by atoms with Gasteiger partial charge in [-0.2, -0.15) is 0 Å². The zero-order valence-corrected chi connectivity index (χ0v) is 18.4. The van der Waals surface area contributed by atoms with Crippen LogP contribution in [0.1, 0.15) is 104 Å². The largest absolute Gasteiger partial charge is 0.463 e. The molecule has 0 aliphatic heterocycles. The van der Waals surface area contributed by atoms with E-state index in [2.05, 4.69) is 13.8 Å². The first-order chi connectivity index (χ1) is 13.5. The molecule has 0 aliphatic rings. The average Bonchev–Trinajstić information content (AvgIpc) is 2.68. The van der Waals surface area contributed by atoms with E-state index in [9.17, 15) is 15.0 Å². The van der Waals surface area contributed by atoms with Crippen LogP contribution in [-0.2, 0) is 14.6 Å². The molecule has 167 valence electrons. The van der Waals surface area contributed by atoms with E-state index in [1.165, 1.54) is 64.2 Å². The van der Waals surface area contributed by atoms with Crippen LogP contribution in [0, 0.1) is 11.8 Å². The molecule has 2 atom stereocenters. The van der Waals surface area contributed by atoms with Crippen molar-refractivity contribution in [3.05, 3.63) is 0 Å². The Hall–Kier alpha value is -0.650. The van der Waals surface area contributed by atoms with Crippen LogP contribution in [0.5, 0.6) is 0 Å². The molecule has 28 heavy (non-hydrogen) atoms. The van der Waals surface area contributed by atoms with E-state index >= 15 is 0 Å².